The summed E-state index contributed by atoms with van der Waals surface area (Å²) in [5, 5.41) is 0. The van der Waals surface area contributed by atoms with E-state index in [-0.39, 0.29) is 5.41 Å². The van der Waals surface area contributed by atoms with Gasteiger partial charge in [-0.25, -0.2) is 0 Å². The van der Waals surface area contributed by atoms with E-state index in [0.717, 1.165) is 0 Å². The van der Waals surface area contributed by atoms with Gasteiger partial charge >= 0.3 is 0 Å². The summed E-state index contributed by atoms with van der Waals surface area (Å²) >= 11 is 2.44. The zero-order valence-electron chi connectivity index (χ0n) is 20.3. The standard InChI is InChI=1S/C34H27I/c1-22-10-9-15-29-31-20-24(16-19-32(31)34(2,3)33(22)29)30-21-25(35)17-18-28(30)27-14-8-7-13-26(27)23-11-5-4-6-12-23/h4-21H,1-3H3. The van der Waals surface area contributed by atoms with Crippen LogP contribution in [0.5, 0.6) is 0 Å². The molecule has 0 atom stereocenters. The lowest BCUT2D eigenvalue weighted by atomic mass is 9.80. The minimum absolute atomic E-state index is 0.0163. The highest BCUT2D eigenvalue weighted by Gasteiger charge is 2.36. The molecule has 6 rings (SSSR count). The van der Waals surface area contributed by atoms with Crippen molar-refractivity contribution in [3.8, 4) is 44.5 Å². The van der Waals surface area contributed by atoms with E-state index in [2.05, 4.69) is 153 Å². The first kappa shape index (κ1) is 22.3. The Bertz CT molecular complexity index is 1570. The highest BCUT2D eigenvalue weighted by Crippen LogP contribution is 2.51. The van der Waals surface area contributed by atoms with E-state index in [1.54, 1.807) is 0 Å². The zero-order chi connectivity index (χ0) is 24.2. The van der Waals surface area contributed by atoms with Crippen LogP contribution in [0.25, 0.3) is 44.5 Å². The SMILES string of the molecule is Cc1cccc2c1C(C)(C)c1ccc(-c3cc(I)ccc3-c3ccccc3-c3ccccc3)cc1-2. The largest absolute Gasteiger partial charge is 0.0622 e. The highest BCUT2D eigenvalue weighted by molar-refractivity contribution is 14.1. The molecule has 0 amide bonds. The lowest BCUT2D eigenvalue weighted by Gasteiger charge is -2.23. The molecule has 1 heteroatoms. The fourth-order valence-corrected chi connectivity index (χ4v) is 6.40. The van der Waals surface area contributed by atoms with Crippen molar-refractivity contribution in [1.82, 2.24) is 0 Å². The molecule has 1 aliphatic rings. The van der Waals surface area contributed by atoms with Crippen molar-refractivity contribution in [3.63, 3.8) is 0 Å². The maximum atomic E-state index is 2.44. The molecule has 0 fully saturated rings. The summed E-state index contributed by atoms with van der Waals surface area (Å²) in [6, 6.07) is 40.1. The molecule has 0 spiro atoms. The first-order valence-corrected chi connectivity index (χ1v) is 13.2. The minimum atomic E-state index is 0.0163. The van der Waals surface area contributed by atoms with Crippen LogP contribution in [-0.2, 0) is 5.41 Å². The fourth-order valence-electron chi connectivity index (χ4n) is 5.91. The monoisotopic (exact) mass is 562 g/mol. The van der Waals surface area contributed by atoms with E-state index in [1.807, 2.05) is 0 Å². The molecule has 0 saturated heterocycles. The first-order chi connectivity index (χ1) is 16.9. The molecule has 0 nitrogen and oxygen atoms in total. The quantitative estimate of drug-likeness (QED) is 0.192. The van der Waals surface area contributed by atoms with Gasteiger partial charge in [0.1, 0.15) is 0 Å². The van der Waals surface area contributed by atoms with Crippen molar-refractivity contribution >= 4 is 22.6 Å². The summed E-state index contributed by atoms with van der Waals surface area (Å²) < 4.78 is 1.25. The number of rotatable bonds is 3. The third-order valence-electron chi connectivity index (χ3n) is 7.48. The maximum Gasteiger partial charge on any atom is 0.0161 e. The number of hydrogen-bond acceptors (Lipinski definition) is 0. The molecule has 1 aliphatic carbocycles. The number of benzene rings is 5. The van der Waals surface area contributed by atoms with Crippen molar-refractivity contribution in [2.75, 3.05) is 0 Å². The molecular formula is C34H27I. The second-order valence-electron chi connectivity index (χ2n) is 9.98. The molecule has 35 heavy (non-hydrogen) atoms. The molecule has 0 saturated carbocycles. The van der Waals surface area contributed by atoms with Gasteiger partial charge in [-0.2, -0.15) is 0 Å². The molecular weight excluding hydrogens is 535 g/mol. The summed E-state index contributed by atoms with van der Waals surface area (Å²) in [5.41, 5.74) is 14.6. The van der Waals surface area contributed by atoms with Crippen LogP contribution in [0.4, 0.5) is 0 Å². The van der Waals surface area contributed by atoms with Crippen LogP contribution in [0.3, 0.4) is 0 Å². The van der Waals surface area contributed by atoms with Gasteiger partial charge in [0.2, 0.25) is 0 Å². The Morgan fingerprint density at radius 1 is 0.514 bits per heavy atom. The molecule has 0 bridgehead atoms. The van der Waals surface area contributed by atoms with Gasteiger partial charge in [0, 0.05) is 8.99 Å². The van der Waals surface area contributed by atoms with Crippen LogP contribution in [-0.4, -0.2) is 0 Å². The van der Waals surface area contributed by atoms with E-state index in [4.69, 9.17) is 0 Å². The molecule has 0 unspecified atom stereocenters. The Balaban J connectivity index is 1.57. The van der Waals surface area contributed by atoms with Crippen molar-refractivity contribution in [2.45, 2.75) is 26.2 Å². The van der Waals surface area contributed by atoms with E-state index in [1.165, 1.54) is 64.8 Å². The van der Waals surface area contributed by atoms with Gasteiger partial charge in [-0.15, -0.1) is 0 Å². The topological polar surface area (TPSA) is 0 Å². The van der Waals surface area contributed by atoms with Crippen LogP contribution in [0.2, 0.25) is 0 Å². The Labute approximate surface area is 221 Å². The summed E-state index contributed by atoms with van der Waals surface area (Å²) in [4.78, 5) is 0. The van der Waals surface area contributed by atoms with E-state index in [0.29, 0.717) is 0 Å². The fraction of sp³-hybridized carbons (Fsp3) is 0.118. The summed E-state index contributed by atoms with van der Waals surface area (Å²) in [6.45, 7) is 6.96. The van der Waals surface area contributed by atoms with Crippen molar-refractivity contribution in [2.24, 2.45) is 0 Å². The molecule has 170 valence electrons. The van der Waals surface area contributed by atoms with Gasteiger partial charge in [0.25, 0.3) is 0 Å². The van der Waals surface area contributed by atoms with Gasteiger partial charge in [0.05, 0.1) is 0 Å². The van der Waals surface area contributed by atoms with Crippen molar-refractivity contribution in [3.05, 3.63) is 129 Å². The molecule has 5 aromatic carbocycles. The van der Waals surface area contributed by atoms with E-state index >= 15 is 0 Å². The van der Waals surface area contributed by atoms with Crippen LogP contribution in [0.1, 0.15) is 30.5 Å². The summed E-state index contributed by atoms with van der Waals surface area (Å²) in [5.74, 6) is 0. The third-order valence-corrected chi connectivity index (χ3v) is 8.15. The van der Waals surface area contributed by atoms with Gasteiger partial charge < -0.3 is 0 Å². The van der Waals surface area contributed by atoms with E-state index < -0.39 is 0 Å². The second-order valence-corrected chi connectivity index (χ2v) is 11.2. The predicted octanol–water partition coefficient (Wildman–Crippen LogP) is 9.91. The van der Waals surface area contributed by atoms with Gasteiger partial charge in [-0.05, 0) is 109 Å². The van der Waals surface area contributed by atoms with E-state index in [9.17, 15) is 0 Å². The van der Waals surface area contributed by atoms with Gasteiger partial charge in [0.15, 0.2) is 0 Å². The molecule has 0 N–H and O–H groups in total. The smallest absolute Gasteiger partial charge is 0.0161 e. The Kier molecular flexibility index (Phi) is 5.41. The number of fused-ring (bicyclic) bond motifs is 3. The average molecular weight is 562 g/mol. The summed E-state index contributed by atoms with van der Waals surface area (Å²) in [6.07, 6.45) is 0. The number of halogens is 1. The third kappa shape index (κ3) is 3.65. The van der Waals surface area contributed by atoms with Crippen molar-refractivity contribution in [1.29, 1.82) is 0 Å². The Morgan fingerprint density at radius 2 is 1.20 bits per heavy atom. The second kappa shape index (κ2) is 8.49. The lowest BCUT2D eigenvalue weighted by molar-refractivity contribution is 0.656. The molecule has 0 heterocycles. The zero-order valence-corrected chi connectivity index (χ0v) is 22.4. The molecule has 0 radical (unpaired) electrons. The normalized spacial score (nSPS) is 13.4. The van der Waals surface area contributed by atoms with Crippen LogP contribution < -0.4 is 0 Å². The first-order valence-electron chi connectivity index (χ1n) is 12.1. The van der Waals surface area contributed by atoms with Crippen LogP contribution >= 0.6 is 22.6 Å². The Hall–Kier alpha value is -3.17. The van der Waals surface area contributed by atoms with Gasteiger partial charge in [-0.1, -0.05) is 105 Å². The average Bonchev–Trinajstić information content (AvgIpc) is 3.12. The van der Waals surface area contributed by atoms with Crippen LogP contribution in [0, 0.1) is 10.5 Å². The Morgan fingerprint density at radius 3 is 2.00 bits per heavy atom. The summed E-state index contributed by atoms with van der Waals surface area (Å²) in [7, 11) is 0. The molecule has 0 aromatic heterocycles. The van der Waals surface area contributed by atoms with Gasteiger partial charge in [-0.3, -0.25) is 0 Å². The number of aryl methyl sites for hydroxylation is 1. The predicted molar refractivity (Wildman–Crippen MR) is 158 cm³/mol. The molecule has 0 aliphatic heterocycles. The van der Waals surface area contributed by atoms with Crippen molar-refractivity contribution < 1.29 is 0 Å². The molecule has 5 aromatic rings. The number of hydrogen-bond donors (Lipinski definition) is 0. The minimum Gasteiger partial charge on any atom is -0.0622 e. The maximum absolute atomic E-state index is 2.44. The highest BCUT2D eigenvalue weighted by atomic mass is 127. The lowest BCUT2D eigenvalue weighted by Crippen LogP contribution is -2.16. The van der Waals surface area contributed by atoms with Crippen LogP contribution in [0.15, 0.2) is 109 Å².